The molecule has 1 aromatic rings. The molecule has 0 aliphatic carbocycles. The minimum atomic E-state index is -3.52. The number of fused-ring (bicyclic) bond motifs is 1. The highest BCUT2D eigenvalue weighted by atomic mass is 32.2. The third-order valence-corrected chi connectivity index (χ3v) is 5.03. The van der Waals surface area contributed by atoms with Crippen molar-refractivity contribution in [2.75, 3.05) is 18.5 Å². The van der Waals surface area contributed by atoms with Crippen LogP contribution >= 0.6 is 0 Å². The normalized spacial score (nSPS) is 20.4. The molecule has 0 unspecified atom stereocenters. The predicted molar refractivity (Wildman–Crippen MR) is 88.8 cm³/mol. The van der Waals surface area contributed by atoms with Crippen molar-refractivity contribution in [2.45, 2.75) is 45.1 Å². The molecule has 0 saturated heterocycles. The number of benzene rings is 1. The molecule has 0 aromatic heterocycles. The van der Waals surface area contributed by atoms with Crippen LogP contribution in [0.1, 0.15) is 34.1 Å². The number of hydrogen-bond acceptors (Lipinski definition) is 4. The molecule has 1 aliphatic rings. The third kappa shape index (κ3) is 4.36. The van der Waals surface area contributed by atoms with Crippen molar-refractivity contribution in [1.82, 2.24) is 4.72 Å². The summed E-state index contributed by atoms with van der Waals surface area (Å²) in [6.45, 7) is 9.58. The van der Waals surface area contributed by atoms with E-state index in [-0.39, 0.29) is 10.9 Å². The molecule has 0 saturated carbocycles. The molecule has 22 heavy (non-hydrogen) atoms. The molecule has 2 N–H and O–H groups in total. The number of ether oxygens (including phenoxy) is 1. The highest BCUT2D eigenvalue weighted by Crippen LogP contribution is 2.30. The van der Waals surface area contributed by atoms with E-state index < -0.39 is 10.0 Å². The molecule has 1 heterocycles. The van der Waals surface area contributed by atoms with E-state index in [1.807, 2.05) is 0 Å². The summed E-state index contributed by atoms with van der Waals surface area (Å²) in [6.07, 6.45) is 0.756. The maximum Gasteiger partial charge on any atom is 0.244 e. The maximum atomic E-state index is 12.5. The molecular formula is C16H26N2O3S. The van der Waals surface area contributed by atoms with Crippen molar-refractivity contribution >= 4 is 15.7 Å². The van der Waals surface area contributed by atoms with Crippen molar-refractivity contribution < 1.29 is 13.2 Å². The van der Waals surface area contributed by atoms with Crippen LogP contribution in [0.2, 0.25) is 0 Å². The Bertz CT molecular complexity index is 612. The molecule has 124 valence electrons. The fraction of sp³-hybridized carbons (Fsp3) is 0.625. The van der Waals surface area contributed by atoms with E-state index in [0.717, 1.165) is 18.7 Å². The molecule has 1 aromatic carbocycles. The minimum absolute atomic E-state index is 0.190. The average Bonchev–Trinajstić information content (AvgIpc) is 2.52. The molecule has 0 amide bonds. The van der Waals surface area contributed by atoms with E-state index in [0.29, 0.717) is 24.2 Å². The Morgan fingerprint density at radius 1 is 1.27 bits per heavy atom. The van der Waals surface area contributed by atoms with Crippen LogP contribution in [0.3, 0.4) is 0 Å². The van der Waals surface area contributed by atoms with E-state index in [1.54, 1.807) is 18.2 Å². The van der Waals surface area contributed by atoms with Gasteiger partial charge in [0.15, 0.2) is 0 Å². The first kappa shape index (κ1) is 17.1. The lowest BCUT2D eigenvalue weighted by molar-refractivity contribution is 0.262. The lowest BCUT2D eigenvalue weighted by atomic mass is 10.1. The largest absolute Gasteiger partial charge is 0.490 e. The Hall–Kier alpha value is -1.27. The summed E-state index contributed by atoms with van der Waals surface area (Å²) in [5.41, 5.74) is 0.880. The number of rotatable bonds is 5. The lowest BCUT2D eigenvalue weighted by Crippen LogP contribution is -2.37. The van der Waals surface area contributed by atoms with Gasteiger partial charge in [0.25, 0.3) is 0 Å². The van der Waals surface area contributed by atoms with Gasteiger partial charge in [-0.05, 0) is 30.4 Å². The van der Waals surface area contributed by atoms with Gasteiger partial charge in [-0.25, -0.2) is 13.1 Å². The SMILES string of the molecule is CC(C)CNc1ccc2c(c1)OC[C@@H](CC(C)C)NS2(=O)=O. The average molecular weight is 326 g/mol. The number of hydrogen-bond donors (Lipinski definition) is 2. The number of sulfonamides is 1. The van der Waals surface area contributed by atoms with Crippen LogP contribution in [-0.4, -0.2) is 27.6 Å². The van der Waals surface area contributed by atoms with Crippen LogP contribution < -0.4 is 14.8 Å². The zero-order valence-electron chi connectivity index (χ0n) is 13.7. The van der Waals surface area contributed by atoms with Crippen LogP contribution in [0.15, 0.2) is 23.1 Å². The van der Waals surface area contributed by atoms with Crippen molar-refractivity contribution in [3.05, 3.63) is 18.2 Å². The van der Waals surface area contributed by atoms with Gasteiger partial charge in [-0.1, -0.05) is 27.7 Å². The van der Waals surface area contributed by atoms with E-state index in [1.165, 1.54) is 0 Å². The van der Waals surface area contributed by atoms with E-state index >= 15 is 0 Å². The topological polar surface area (TPSA) is 67.4 Å². The Kier molecular flexibility index (Phi) is 5.34. The molecule has 0 radical (unpaired) electrons. The molecule has 6 heteroatoms. The zero-order chi connectivity index (χ0) is 16.3. The van der Waals surface area contributed by atoms with Gasteiger partial charge in [-0.15, -0.1) is 0 Å². The fourth-order valence-electron chi connectivity index (χ4n) is 2.47. The first-order valence-electron chi connectivity index (χ1n) is 7.81. The van der Waals surface area contributed by atoms with Crippen LogP contribution in [-0.2, 0) is 10.0 Å². The van der Waals surface area contributed by atoms with Gasteiger partial charge in [-0.3, -0.25) is 0 Å². The highest BCUT2D eigenvalue weighted by Gasteiger charge is 2.28. The molecular weight excluding hydrogens is 300 g/mol. The van der Waals surface area contributed by atoms with Gasteiger partial charge in [-0.2, -0.15) is 0 Å². The first-order valence-corrected chi connectivity index (χ1v) is 9.29. The molecule has 0 spiro atoms. The van der Waals surface area contributed by atoms with Crippen LogP contribution in [0.5, 0.6) is 5.75 Å². The molecule has 1 aliphatic heterocycles. The molecule has 1 atom stereocenters. The standard InChI is InChI=1S/C16H26N2O3S/c1-11(2)7-14-10-21-15-8-13(17-9-12(3)4)5-6-16(15)22(19,20)18-14/h5-6,8,11-12,14,17-18H,7,9-10H2,1-4H3/t14-/m1/s1. The summed E-state index contributed by atoms with van der Waals surface area (Å²) in [7, 11) is -3.52. The Balaban J connectivity index is 2.23. The van der Waals surface area contributed by atoms with E-state index in [9.17, 15) is 8.42 Å². The van der Waals surface area contributed by atoms with Crippen LogP contribution in [0, 0.1) is 11.8 Å². The summed E-state index contributed by atoms with van der Waals surface area (Å²) in [5.74, 6) is 1.34. The van der Waals surface area contributed by atoms with Gasteiger partial charge in [0.05, 0.1) is 6.04 Å². The van der Waals surface area contributed by atoms with Crippen LogP contribution in [0.25, 0.3) is 0 Å². The van der Waals surface area contributed by atoms with Gasteiger partial charge in [0.2, 0.25) is 10.0 Å². The quantitative estimate of drug-likeness (QED) is 0.873. The van der Waals surface area contributed by atoms with Crippen molar-refractivity contribution in [2.24, 2.45) is 11.8 Å². The second-order valence-corrected chi connectivity index (χ2v) is 8.38. The van der Waals surface area contributed by atoms with Gasteiger partial charge < -0.3 is 10.1 Å². The molecule has 0 fully saturated rings. The van der Waals surface area contributed by atoms with Gasteiger partial charge in [0.1, 0.15) is 17.3 Å². The maximum absolute atomic E-state index is 12.5. The molecule has 5 nitrogen and oxygen atoms in total. The summed E-state index contributed by atoms with van der Waals surface area (Å²) in [5, 5.41) is 3.29. The van der Waals surface area contributed by atoms with E-state index in [4.69, 9.17) is 4.74 Å². The van der Waals surface area contributed by atoms with Crippen molar-refractivity contribution in [3.8, 4) is 5.75 Å². The summed E-state index contributed by atoms with van der Waals surface area (Å²) in [6, 6.07) is 4.98. The lowest BCUT2D eigenvalue weighted by Gasteiger charge is -2.16. The summed E-state index contributed by atoms with van der Waals surface area (Å²) < 4.78 is 33.4. The van der Waals surface area contributed by atoms with Gasteiger partial charge in [0, 0.05) is 18.3 Å². The van der Waals surface area contributed by atoms with Crippen LogP contribution in [0.4, 0.5) is 5.69 Å². The number of anilines is 1. The first-order chi connectivity index (χ1) is 10.3. The fourth-order valence-corrected chi connectivity index (χ4v) is 3.83. The molecule has 2 rings (SSSR count). The Labute approximate surface area is 133 Å². The second kappa shape index (κ2) is 6.87. The van der Waals surface area contributed by atoms with Crippen molar-refractivity contribution in [1.29, 1.82) is 0 Å². The minimum Gasteiger partial charge on any atom is -0.490 e. The third-order valence-electron chi connectivity index (χ3n) is 3.47. The second-order valence-electron chi connectivity index (χ2n) is 6.70. The predicted octanol–water partition coefficient (Wildman–Crippen LogP) is 2.84. The Morgan fingerprint density at radius 3 is 2.64 bits per heavy atom. The van der Waals surface area contributed by atoms with E-state index in [2.05, 4.69) is 37.7 Å². The number of nitrogens with one attached hydrogen (secondary N) is 2. The molecule has 0 bridgehead atoms. The van der Waals surface area contributed by atoms with Crippen molar-refractivity contribution in [3.63, 3.8) is 0 Å². The van der Waals surface area contributed by atoms with Gasteiger partial charge >= 0.3 is 0 Å². The zero-order valence-corrected chi connectivity index (χ0v) is 14.5. The monoisotopic (exact) mass is 326 g/mol. The Morgan fingerprint density at radius 2 is 2.00 bits per heavy atom. The highest BCUT2D eigenvalue weighted by molar-refractivity contribution is 7.89. The summed E-state index contributed by atoms with van der Waals surface area (Å²) >= 11 is 0. The summed E-state index contributed by atoms with van der Waals surface area (Å²) in [4.78, 5) is 0.217. The smallest absolute Gasteiger partial charge is 0.244 e.